The van der Waals surface area contributed by atoms with Gasteiger partial charge < -0.3 is 10.1 Å². The van der Waals surface area contributed by atoms with Crippen LogP contribution < -0.4 is 10.9 Å². The van der Waals surface area contributed by atoms with E-state index in [0.717, 1.165) is 18.8 Å². The summed E-state index contributed by atoms with van der Waals surface area (Å²) in [4.78, 5) is 37.6. The zero-order valence-electron chi connectivity index (χ0n) is 18.7. The van der Waals surface area contributed by atoms with Crippen LogP contribution in [-0.4, -0.2) is 27.3 Å². The molecule has 1 unspecified atom stereocenters. The molecule has 31 heavy (non-hydrogen) atoms. The normalized spacial score (nSPS) is 15.5. The molecule has 3 rings (SSSR count). The first-order valence-corrected chi connectivity index (χ1v) is 11.2. The molecule has 168 valence electrons. The number of aromatic nitrogens is 2. The Labute approximate surface area is 183 Å². The van der Waals surface area contributed by atoms with Crippen molar-refractivity contribution in [1.82, 2.24) is 9.36 Å². The molecule has 1 N–H and O–H groups in total. The third-order valence-corrected chi connectivity index (χ3v) is 6.20. The molecule has 0 saturated heterocycles. The highest BCUT2D eigenvalue weighted by molar-refractivity contribution is 5.95. The van der Waals surface area contributed by atoms with Crippen molar-refractivity contribution in [3.63, 3.8) is 0 Å². The SMILES string of the molecule is Cc1c(NC(=O)C(C)OC(=O)CCCC2CCCCC2)c(=O)n(-c2ccccc2)n1C. The molecular weight excluding hydrogens is 394 g/mol. The van der Waals surface area contributed by atoms with Gasteiger partial charge in [0.15, 0.2) is 6.10 Å². The van der Waals surface area contributed by atoms with E-state index in [-0.39, 0.29) is 17.2 Å². The number of hydrogen-bond donors (Lipinski definition) is 1. The van der Waals surface area contributed by atoms with Crippen molar-refractivity contribution < 1.29 is 14.3 Å². The Morgan fingerprint density at radius 2 is 1.84 bits per heavy atom. The quantitative estimate of drug-likeness (QED) is 0.643. The van der Waals surface area contributed by atoms with Crippen molar-refractivity contribution in [2.24, 2.45) is 13.0 Å². The van der Waals surface area contributed by atoms with Gasteiger partial charge in [-0.25, -0.2) is 4.68 Å². The van der Waals surface area contributed by atoms with Gasteiger partial charge in [-0.2, -0.15) is 0 Å². The molecule has 0 radical (unpaired) electrons. The molecule has 1 amide bonds. The first kappa shape index (κ1) is 22.8. The number of nitrogens with one attached hydrogen (secondary N) is 1. The minimum Gasteiger partial charge on any atom is -0.453 e. The molecule has 1 atom stereocenters. The van der Waals surface area contributed by atoms with Crippen molar-refractivity contribution in [1.29, 1.82) is 0 Å². The molecule has 1 aliphatic rings. The molecule has 0 spiro atoms. The van der Waals surface area contributed by atoms with Gasteiger partial charge in [0, 0.05) is 13.5 Å². The Morgan fingerprint density at radius 1 is 1.16 bits per heavy atom. The van der Waals surface area contributed by atoms with Gasteiger partial charge in [0.05, 0.1) is 11.4 Å². The van der Waals surface area contributed by atoms with E-state index in [1.165, 1.54) is 43.7 Å². The van der Waals surface area contributed by atoms with E-state index in [1.54, 1.807) is 18.7 Å². The summed E-state index contributed by atoms with van der Waals surface area (Å²) in [6.07, 6.45) is 7.59. The van der Waals surface area contributed by atoms with Gasteiger partial charge >= 0.3 is 5.97 Å². The summed E-state index contributed by atoms with van der Waals surface area (Å²) in [6.45, 7) is 3.29. The van der Waals surface area contributed by atoms with Gasteiger partial charge in [0.2, 0.25) is 0 Å². The summed E-state index contributed by atoms with van der Waals surface area (Å²) in [6, 6.07) is 9.21. The number of hydrogen-bond acceptors (Lipinski definition) is 4. The largest absolute Gasteiger partial charge is 0.453 e. The number of ether oxygens (including phenoxy) is 1. The topological polar surface area (TPSA) is 82.3 Å². The van der Waals surface area contributed by atoms with E-state index in [0.29, 0.717) is 17.8 Å². The molecule has 0 aliphatic heterocycles. The van der Waals surface area contributed by atoms with E-state index in [1.807, 2.05) is 30.3 Å². The highest BCUT2D eigenvalue weighted by Crippen LogP contribution is 2.27. The minimum atomic E-state index is -0.966. The van der Waals surface area contributed by atoms with Crippen LogP contribution in [0.4, 0.5) is 5.69 Å². The van der Waals surface area contributed by atoms with Gasteiger partial charge in [0.25, 0.3) is 11.5 Å². The van der Waals surface area contributed by atoms with Crippen molar-refractivity contribution in [2.45, 2.75) is 71.3 Å². The fraction of sp³-hybridized carbons (Fsp3) is 0.542. The Morgan fingerprint density at radius 3 is 2.52 bits per heavy atom. The fourth-order valence-corrected chi connectivity index (χ4v) is 4.26. The molecule has 7 heteroatoms. The van der Waals surface area contributed by atoms with Crippen LogP contribution in [-0.2, 0) is 21.4 Å². The number of para-hydroxylation sites is 1. The second kappa shape index (κ2) is 10.5. The molecule has 1 heterocycles. The predicted molar refractivity (Wildman–Crippen MR) is 120 cm³/mol. The number of nitrogens with zero attached hydrogens (tertiary/aromatic N) is 2. The monoisotopic (exact) mass is 427 g/mol. The average molecular weight is 428 g/mol. The highest BCUT2D eigenvalue weighted by atomic mass is 16.5. The third-order valence-electron chi connectivity index (χ3n) is 6.20. The molecule has 1 aliphatic carbocycles. The van der Waals surface area contributed by atoms with Gasteiger partial charge in [-0.05, 0) is 44.7 Å². The maximum Gasteiger partial charge on any atom is 0.306 e. The van der Waals surface area contributed by atoms with Crippen LogP contribution in [0, 0.1) is 12.8 Å². The molecule has 7 nitrogen and oxygen atoms in total. The average Bonchev–Trinajstić information content (AvgIpc) is 2.98. The van der Waals surface area contributed by atoms with E-state index >= 15 is 0 Å². The lowest BCUT2D eigenvalue weighted by molar-refractivity contribution is -0.153. The van der Waals surface area contributed by atoms with E-state index in [2.05, 4.69) is 5.32 Å². The lowest BCUT2D eigenvalue weighted by Crippen LogP contribution is -2.32. The second-order valence-electron chi connectivity index (χ2n) is 8.45. The van der Waals surface area contributed by atoms with Crippen LogP contribution in [0.25, 0.3) is 5.69 Å². The zero-order valence-corrected chi connectivity index (χ0v) is 18.7. The number of rotatable bonds is 8. The lowest BCUT2D eigenvalue weighted by atomic mass is 9.86. The van der Waals surface area contributed by atoms with Crippen LogP contribution in [0.15, 0.2) is 35.1 Å². The summed E-state index contributed by atoms with van der Waals surface area (Å²) in [5.74, 6) is -0.160. The standard InChI is InChI=1S/C24H33N3O4/c1-17-22(24(30)27(26(17)3)20-14-8-5-9-15-20)25-23(29)18(2)31-21(28)16-10-13-19-11-6-4-7-12-19/h5,8-9,14-15,18-19H,4,6-7,10-13,16H2,1-3H3,(H,25,29). The van der Waals surface area contributed by atoms with Crippen molar-refractivity contribution in [3.05, 3.63) is 46.4 Å². The van der Waals surface area contributed by atoms with Crippen LogP contribution in [0.2, 0.25) is 0 Å². The van der Waals surface area contributed by atoms with Crippen LogP contribution >= 0.6 is 0 Å². The number of carbonyl (C=O) groups is 2. The molecule has 0 bridgehead atoms. The summed E-state index contributed by atoms with van der Waals surface area (Å²) in [5.41, 5.74) is 1.19. The molecule has 1 fully saturated rings. The lowest BCUT2D eigenvalue weighted by Gasteiger charge is -2.21. The second-order valence-corrected chi connectivity index (χ2v) is 8.45. The van der Waals surface area contributed by atoms with Gasteiger partial charge in [-0.3, -0.25) is 19.1 Å². The van der Waals surface area contributed by atoms with E-state index in [9.17, 15) is 14.4 Å². The van der Waals surface area contributed by atoms with Crippen LogP contribution in [0.3, 0.4) is 0 Å². The summed E-state index contributed by atoms with van der Waals surface area (Å²) < 4.78 is 8.49. The first-order valence-electron chi connectivity index (χ1n) is 11.2. The Kier molecular flexibility index (Phi) is 7.71. The summed E-state index contributed by atoms with van der Waals surface area (Å²) in [7, 11) is 1.76. The van der Waals surface area contributed by atoms with Crippen molar-refractivity contribution in [2.75, 3.05) is 5.32 Å². The maximum absolute atomic E-state index is 12.9. The molecule has 1 saturated carbocycles. The number of anilines is 1. The number of amides is 1. The Bertz CT molecular complexity index is 955. The molecule has 2 aromatic rings. The number of benzene rings is 1. The summed E-state index contributed by atoms with van der Waals surface area (Å²) >= 11 is 0. The Hall–Kier alpha value is -2.83. The first-order chi connectivity index (χ1) is 14.9. The molecule has 1 aromatic carbocycles. The van der Waals surface area contributed by atoms with Crippen LogP contribution in [0.1, 0.15) is 64.0 Å². The van der Waals surface area contributed by atoms with Gasteiger partial charge in [-0.1, -0.05) is 50.3 Å². The molecular formula is C24H33N3O4. The fourth-order valence-electron chi connectivity index (χ4n) is 4.26. The van der Waals surface area contributed by atoms with Crippen LogP contribution in [0.5, 0.6) is 0 Å². The number of esters is 1. The Balaban J connectivity index is 1.56. The predicted octanol–water partition coefficient (Wildman–Crippen LogP) is 4.11. The van der Waals surface area contributed by atoms with Gasteiger partial charge in [0.1, 0.15) is 5.69 Å². The number of carbonyl (C=O) groups excluding carboxylic acids is 2. The summed E-state index contributed by atoms with van der Waals surface area (Å²) in [5, 5.41) is 2.65. The van der Waals surface area contributed by atoms with E-state index in [4.69, 9.17) is 4.74 Å². The van der Waals surface area contributed by atoms with Gasteiger partial charge in [-0.15, -0.1) is 0 Å². The minimum absolute atomic E-state index is 0.191. The van der Waals surface area contributed by atoms with E-state index < -0.39 is 12.0 Å². The zero-order chi connectivity index (χ0) is 22.4. The molecule has 1 aromatic heterocycles. The third kappa shape index (κ3) is 5.66. The smallest absolute Gasteiger partial charge is 0.306 e. The highest BCUT2D eigenvalue weighted by Gasteiger charge is 2.23. The maximum atomic E-state index is 12.9. The van der Waals surface area contributed by atoms with Crippen molar-refractivity contribution in [3.8, 4) is 5.69 Å². The van der Waals surface area contributed by atoms with Crippen molar-refractivity contribution >= 4 is 17.6 Å².